The number of ether oxygens (including phenoxy) is 1. The van der Waals surface area contributed by atoms with Crippen LogP contribution < -0.4 is 15.4 Å². The average Bonchev–Trinajstić information content (AvgIpc) is 3.42. The molecular formula is C31H32N4O7S2. The summed E-state index contributed by atoms with van der Waals surface area (Å²) in [6.45, 7) is 5.22. The molecule has 0 aliphatic rings. The Bertz CT molecular complexity index is 1920. The predicted molar refractivity (Wildman–Crippen MR) is 171 cm³/mol. The van der Waals surface area contributed by atoms with E-state index in [1.165, 1.54) is 36.7 Å². The van der Waals surface area contributed by atoms with E-state index in [9.17, 15) is 26.4 Å². The molecule has 4 rings (SSSR count). The second-order valence-corrected chi connectivity index (χ2v) is 14.3. The Labute approximate surface area is 256 Å². The van der Waals surface area contributed by atoms with E-state index in [0.29, 0.717) is 33.8 Å². The maximum absolute atomic E-state index is 13.4. The van der Waals surface area contributed by atoms with Gasteiger partial charge >= 0.3 is 6.09 Å². The molecule has 11 nitrogen and oxygen atoms in total. The molecule has 0 bridgehead atoms. The first-order valence-electron chi connectivity index (χ1n) is 13.3. The van der Waals surface area contributed by atoms with E-state index in [0.717, 1.165) is 10.2 Å². The van der Waals surface area contributed by atoms with Crippen molar-refractivity contribution in [3.8, 4) is 11.1 Å². The summed E-state index contributed by atoms with van der Waals surface area (Å²) in [6, 6.07) is 21.1. The Kier molecular flexibility index (Phi) is 9.30. The van der Waals surface area contributed by atoms with Crippen LogP contribution in [0.15, 0.2) is 102 Å². The molecule has 2 amide bonds. The van der Waals surface area contributed by atoms with Crippen molar-refractivity contribution < 1.29 is 31.2 Å². The first-order valence-corrected chi connectivity index (χ1v) is 16.6. The lowest BCUT2D eigenvalue weighted by atomic mass is 10.1. The van der Waals surface area contributed by atoms with Gasteiger partial charge in [0.15, 0.2) is 0 Å². The fourth-order valence-electron chi connectivity index (χ4n) is 4.00. The summed E-state index contributed by atoms with van der Waals surface area (Å²) in [7, 11) is -7.38. The maximum atomic E-state index is 13.4. The van der Waals surface area contributed by atoms with Gasteiger partial charge in [-0.2, -0.15) is 0 Å². The summed E-state index contributed by atoms with van der Waals surface area (Å²) < 4.78 is 58.4. The van der Waals surface area contributed by atoms with Crippen LogP contribution in [0.3, 0.4) is 0 Å². The molecule has 3 N–H and O–H groups in total. The number of anilines is 3. The van der Waals surface area contributed by atoms with Gasteiger partial charge in [0, 0.05) is 24.2 Å². The van der Waals surface area contributed by atoms with Gasteiger partial charge in [-0.1, -0.05) is 36.4 Å². The quantitative estimate of drug-likeness (QED) is 0.197. The van der Waals surface area contributed by atoms with Gasteiger partial charge < -0.3 is 10.1 Å². The van der Waals surface area contributed by atoms with Crippen molar-refractivity contribution in [2.24, 2.45) is 0 Å². The van der Waals surface area contributed by atoms with Crippen LogP contribution in [-0.4, -0.2) is 44.7 Å². The van der Waals surface area contributed by atoms with Crippen molar-refractivity contribution in [3.05, 3.63) is 103 Å². The zero-order chi connectivity index (χ0) is 32.1. The van der Waals surface area contributed by atoms with E-state index < -0.39 is 37.6 Å². The van der Waals surface area contributed by atoms with E-state index in [1.54, 1.807) is 87.5 Å². The number of hydrogen-bond acceptors (Lipinski definition) is 7. The summed E-state index contributed by atoms with van der Waals surface area (Å²) in [5.41, 5.74) is 2.20. The zero-order valence-corrected chi connectivity index (χ0v) is 26.1. The van der Waals surface area contributed by atoms with E-state index in [2.05, 4.69) is 15.4 Å². The predicted octanol–water partition coefficient (Wildman–Crippen LogP) is 5.76. The summed E-state index contributed by atoms with van der Waals surface area (Å²) in [5.74, 6) is -0.496. The molecule has 44 heavy (non-hydrogen) atoms. The molecule has 0 radical (unpaired) electrons. The molecule has 1 aromatic heterocycles. The van der Waals surface area contributed by atoms with Crippen molar-refractivity contribution in [2.75, 3.05) is 21.6 Å². The number of para-hydroxylation sites is 2. The highest BCUT2D eigenvalue weighted by Crippen LogP contribution is 2.26. The summed E-state index contributed by atoms with van der Waals surface area (Å²) in [5, 5.41) is 5.31. The van der Waals surface area contributed by atoms with Gasteiger partial charge in [-0.3, -0.25) is 14.8 Å². The number of amides is 2. The SMILES string of the molecule is CC(C)(C)OC(=O)Nc1ccccc1NC(=O)/C=C/c1ccn(S(=O)(=O)c2cccc(-c3ccc(NS(C)(=O)=O)cc3)c2)c1. The van der Waals surface area contributed by atoms with Crippen LogP contribution in [0.25, 0.3) is 17.2 Å². The fourth-order valence-corrected chi connectivity index (χ4v) is 5.82. The Morgan fingerprint density at radius 1 is 0.818 bits per heavy atom. The first-order chi connectivity index (χ1) is 20.6. The van der Waals surface area contributed by atoms with Crippen LogP contribution in [0.4, 0.5) is 21.9 Å². The topological polar surface area (TPSA) is 153 Å². The molecule has 0 saturated carbocycles. The van der Waals surface area contributed by atoms with E-state index in [1.807, 2.05) is 0 Å². The van der Waals surface area contributed by atoms with Gasteiger partial charge in [0.1, 0.15) is 5.60 Å². The lowest BCUT2D eigenvalue weighted by molar-refractivity contribution is -0.111. The molecule has 3 aromatic carbocycles. The third-order valence-corrected chi connectivity index (χ3v) is 8.11. The van der Waals surface area contributed by atoms with E-state index in [4.69, 9.17) is 4.74 Å². The number of nitrogens with one attached hydrogen (secondary N) is 3. The maximum Gasteiger partial charge on any atom is 0.412 e. The summed E-state index contributed by atoms with van der Waals surface area (Å²) in [4.78, 5) is 24.9. The lowest BCUT2D eigenvalue weighted by Crippen LogP contribution is -2.27. The van der Waals surface area contributed by atoms with Crippen molar-refractivity contribution in [1.29, 1.82) is 0 Å². The highest BCUT2D eigenvalue weighted by atomic mass is 32.2. The van der Waals surface area contributed by atoms with Crippen molar-refractivity contribution in [3.63, 3.8) is 0 Å². The monoisotopic (exact) mass is 636 g/mol. The highest BCUT2D eigenvalue weighted by Gasteiger charge is 2.19. The molecule has 230 valence electrons. The van der Waals surface area contributed by atoms with Crippen molar-refractivity contribution >= 4 is 55.2 Å². The Balaban J connectivity index is 1.45. The number of hydrogen-bond donors (Lipinski definition) is 3. The minimum atomic E-state index is -3.96. The molecule has 0 atom stereocenters. The van der Waals surface area contributed by atoms with E-state index in [-0.39, 0.29) is 4.90 Å². The van der Waals surface area contributed by atoms with Gasteiger partial charge in [-0.25, -0.2) is 25.6 Å². The highest BCUT2D eigenvalue weighted by molar-refractivity contribution is 7.92. The van der Waals surface area contributed by atoms with Crippen LogP contribution in [-0.2, 0) is 29.6 Å². The van der Waals surface area contributed by atoms with Crippen LogP contribution in [0.1, 0.15) is 26.3 Å². The molecule has 0 fully saturated rings. The number of rotatable bonds is 9. The Morgan fingerprint density at radius 3 is 2.11 bits per heavy atom. The van der Waals surface area contributed by atoms with Crippen LogP contribution in [0, 0.1) is 0 Å². The normalized spacial score (nSPS) is 12.1. The van der Waals surface area contributed by atoms with Gasteiger partial charge in [-0.05, 0) is 86.0 Å². The summed E-state index contributed by atoms with van der Waals surface area (Å²) in [6.07, 6.45) is 5.87. The van der Waals surface area contributed by atoms with Gasteiger partial charge in [0.25, 0.3) is 10.0 Å². The second-order valence-electron chi connectivity index (χ2n) is 10.8. The second kappa shape index (κ2) is 12.8. The minimum absolute atomic E-state index is 0.0475. The standard InChI is InChI=1S/C31H32N4O7S2/c1-31(2,3)42-30(37)33-28-11-6-5-10-27(28)32-29(36)17-12-22-18-19-35(21-22)44(40,41)26-9-7-8-24(20-26)23-13-15-25(16-14-23)34-43(4,38)39/h5-21,34H,1-4H3,(H,32,36)(H,33,37)/b17-12+. The van der Waals surface area contributed by atoms with Crippen molar-refractivity contribution in [1.82, 2.24) is 3.97 Å². The summed E-state index contributed by atoms with van der Waals surface area (Å²) >= 11 is 0. The third kappa shape index (κ3) is 8.82. The fraction of sp³-hybridized carbons (Fsp3) is 0.161. The third-order valence-electron chi connectivity index (χ3n) is 5.87. The number of nitrogens with zero attached hydrogens (tertiary/aromatic N) is 1. The molecule has 13 heteroatoms. The first kappa shape index (κ1) is 32.0. The van der Waals surface area contributed by atoms with Crippen molar-refractivity contribution in [2.45, 2.75) is 31.3 Å². The van der Waals surface area contributed by atoms with Gasteiger partial charge in [0.2, 0.25) is 15.9 Å². The molecule has 1 heterocycles. The number of sulfonamides is 1. The number of aromatic nitrogens is 1. The number of carbonyl (C=O) groups is 2. The van der Waals surface area contributed by atoms with Crippen LogP contribution in [0.2, 0.25) is 0 Å². The molecular weight excluding hydrogens is 604 g/mol. The van der Waals surface area contributed by atoms with Crippen LogP contribution in [0.5, 0.6) is 0 Å². The molecule has 0 unspecified atom stereocenters. The number of carbonyl (C=O) groups excluding carboxylic acids is 2. The molecule has 4 aromatic rings. The largest absolute Gasteiger partial charge is 0.444 e. The minimum Gasteiger partial charge on any atom is -0.444 e. The Morgan fingerprint density at radius 2 is 1.48 bits per heavy atom. The van der Waals surface area contributed by atoms with E-state index >= 15 is 0 Å². The lowest BCUT2D eigenvalue weighted by Gasteiger charge is -2.20. The Hall–Kier alpha value is -4.88. The molecule has 0 aliphatic carbocycles. The van der Waals surface area contributed by atoms with Gasteiger partial charge in [-0.15, -0.1) is 0 Å². The van der Waals surface area contributed by atoms with Crippen LogP contribution >= 0.6 is 0 Å². The smallest absolute Gasteiger partial charge is 0.412 e. The zero-order valence-electron chi connectivity index (χ0n) is 24.4. The van der Waals surface area contributed by atoms with Gasteiger partial charge in [0.05, 0.1) is 22.5 Å². The molecule has 0 saturated heterocycles. The average molecular weight is 637 g/mol. The molecule has 0 aliphatic heterocycles. The number of benzene rings is 3. The molecule has 0 spiro atoms.